The first-order valence-corrected chi connectivity index (χ1v) is 5.41. The third kappa shape index (κ3) is 1.57. The van der Waals surface area contributed by atoms with Gasteiger partial charge in [-0.3, -0.25) is 9.59 Å². The van der Waals surface area contributed by atoms with Gasteiger partial charge in [0.25, 0.3) is 5.91 Å². The van der Waals surface area contributed by atoms with Crippen molar-refractivity contribution in [3.05, 3.63) is 21.9 Å². The van der Waals surface area contributed by atoms with Crippen LogP contribution in [0.1, 0.15) is 16.9 Å². The number of aryl methyl sites for hydroxylation is 1. The fraction of sp³-hybridized carbons (Fsp3) is 0.400. The van der Waals surface area contributed by atoms with Crippen LogP contribution < -0.4 is 0 Å². The molecule has 0 radical (unpaired) electrons. The molecule has 1 aliphatic heterocycles. The van der Waals surface area contributed by atoms with Crippen molar-refractivity contribution in [3.63, 3.8) is 0 Å². The monoisotopic (exact) mass is 209 g/mol. The third-order valence-electron chi connectivity index (χ3n) is 2.44. The molecule has 0 aliphatic carbocycles. The van der Waals surface area contributed by atoms with E-state index in [1.807, 2.05) is 18.4 Å². The largest absolute Gasteiger partial charge is 0.331 e. The molecule has 0 bridgehead atoms. The topological polar surface area (TPSA) is 37.4 Å². The number of nitrogens with zero attached hydrogens (tertiary/aromatic N) is 1. The number of carbonyl (C=O) groups is 2. The number of hydrogen-bond acceptors (Lipinski definition) is 3. The number of rotatable bonds is 2. The number of ketones is 1. The van der Waals surface area contributed by atoms with Gasteiger partial charge in [0.15, 0.2) is 0 Å². The van der Waals surface area contributed by atoms with E-state index >= 15 is 0 Å². The highest BCUT2D eigenvalue weighted by Crippen LogP contribution is 2.20. The minimum absolute atomic E-state index is 0.251. The fourth-order valence-corrected chi connectivity index (χ4v) is 2.43. The average Bonchev–Trinajstić information content (AvgIpc) is 2.68. The lowest BCUT2D eigenvalue weighted by atomic mass is 10.3. The molecule has 1 saturated heterocycles. The molecular formula is C10H11NO2S. The summed E-state index contributed by atoms with van der Waals surface area (Å²) in [5.41, 5.74) is 1.20. The molecule has 2 rings (SSSR count). The van der Waals surface area contributed by atoms with E-state index in [0.717, 1.165) is 0 Å². The van der Waals surface area contributed by atoms with Gasteiger partial charge in [0.1, 0.15) is 0 Å². The second-order valence-electron chi connectivity index (χ2n) is 3.43. The molecule has 1 amide bonds. The first kappa shape index (κ1) is 9.40. The summed E-state index contributed by atoms with van der Waals surface area (Å²) in [4.78, 5) is 25.1. The maximum Gasteiger partial charge on any atom is 0.290 e. The summed E-state index contributed by atoms with van der Waals surface area (Å²) in [6, 6.07) is 2.03. The Morgan fingerprint density at radius 2 is 2.29 bits per heavy atom. The second-order valence-corrected chi connectivity index (χ2v) is 4.43. The van der Waals surface area contributed by atoms with Gasteiger partial charge < -0.3 is 4.90 Å². The van der Waals surface area contributed by atoms with Crippen LogP contribution in [0, 0.1) is 6.92 Å². The summed E-state index contributed by atoms with van der Waals surface area (Å²) in [5.74, 6) is -0.572. The molecule has 0 spiro atoms. The molecule has 74 valence electrons. The zero-order valence-electron chi connectivity index (χ0n) is 7.95. The van der Waals surface area contributed by atoms with Crippen LogP contribution in [-0.2, 0) is 16.1 Å². The number of likely N-dealkylation sites (tertiary alicyclic amines) is 1. The first-order chi connectivity index (χ1) is 6.68. The van der Waals surface area contributed by atoms with Crippen LogP contribution >= 0.6 is 11.3 Å². The van der Waals surface area contributed by atoms with E-state index < -0.39 is 0 Å². The molecule has 2 heterocycles. The van der Waals surface area contributed by atoms with E-state index in [4.69, 9.17) is 0 Å². The van der Waals surface area contributed by atoms with Gasteiger partial charge in [-0.25, -0.2) is 0 Å². The molecular weight excluding hydrogens is 198 g/mol. The zero-order valence-corrected chi connectivity index (χ0v) is 8.76. The Morgan fingerprint density at radius 3 is 2.79 bits per heavy atom. The molecule has 0 unspecified atom stereocenters. The lowest BCUT2D eigenvalue weighted by Crippen LogP contribution is -2.26. The van der Waals surface area contributed by atoms with Crippen LogP contribution in [0.5, 0.6) is 0 Å². The van der Waals surface area contributed by atoms with Crippen molar-refractivity contribution in [2.24, 2.45) is 0 Å². The Kier molecular flexibility index (Phi) is 2.37. The van der Waals surface area contributed by atoms with Gasteiger partial charge in [-0.1, -0.05) is 0 Å². The zero-order chi connectivity index (χ0) is 10.1. The summed E-state index contributed by atoms with van der Waals surface area (Å²) in [6.45, 7) is 3.19. The molecule has 0 N–H and O–H groups in total. The fourth-order valence-electron chi connectivity index (χ4n) is 1.51. The predicted octanol–water partition coefficient (Wildman–Crippen LogP) is 1.36. The predicted molar refractivity (Wildman–Crippen MR) is 54.1 cm³/mol. The number of thiophene rings is 1. The van der Waals surface area contributed by atoms with Gasteiger partial charge in [-0.15, -0.1) is 11.3 Å². The summed E-state index contributed by atoms with van der Waals surface area (Å²) in [5, 5.41) is 2.01. The smallest absolute Gasteiger partial charge is 0.290 e. The van der Waals surface area contributed by atoms with E-state index in [-0.39, 0.29) is 11.7 Å². The molecule has 1 aliphatic rings. The van der Waals surface area contributed by atoms with Crippen molar-refractivity contribution in [2.75, 3.05) is 6.54 Å². The molecule has 0 saturated carbocycles. The highest BCUT2D eigenvalue weighted by molar-refractivity contribution is 7.10. The number of amides is 1. The highest BCUT2D eigenvalue weighted by Gasteiger charge is 2.29. The SMILES string of the molecule is Cc1ccsc1CN1CCC(=O)C1=O. The van der Waals surface area contributed by atoms with Gasteiger partial charge >= 0.3 is 0 Å². The maximum atomic E-state index is 11.3. The molecule has 0 atom stereocenters. The van der Waals surface area contributed by atoms with Crippen LogP contribution in [-0.4, -0.2) is 23.1 Å². The quantitative estimate of drug-likeness (QED) is 0.690. The van der Waals surface area contributed by atoms with Crippen LogP contribution in [0.25, 0.3) is 0 Å². The molecule has 1 aromatic heterocycles. The van der Waals surface area contributed by atoms with Crippen molar-refractivity contribution in [1.82, 2.24) is 4.90 Å². The van der Waals surface area contributed by atoms with E-state index in [9.17, 15) is 9.59 Å². The summed E-state index contributed by atoms with van der Waals surface area (Å²) in [7, 11) is 0. The lowest BCUT2D eigenvalue weighted by molar-refractivity contribution is -0.140. The summed E-state index contributed by atoms with van der Waals surface area (Å²) >= 11 is 1.63. The highest BCUT2D eigenvalue weighted by atomic mass is 32.1. The van der Waals surface area contributed by atoms with Gasteiger partial charge in [-0.05, 0) is 23.9 Å². The molecule has 1 fully saturated rings. The van der Waals surface area contributed by atoms with Crippen molar-refractivity contribution < 1.29 is 9.59 Å². The second kappa shape index (κ2) is 3.53. The Morgan fingerprint density at radius 1 is 1.50 bits per heavy atom. The van der Waals surface area contributed by atoms with Crippen LogP contribution in [0.2, 0.25) is 0 Å². The van der Waals surface area contributed by atoms with Gasteiger partial charge in [0, 0.05) is 17.8 Å². The Balaban J connectivity index is 2.09. The van der Waals surface area contributed by atoms with Gasteiger partial charge in [-0.2, -0.15) is 0 Å². The standard InChI is InChI=1S/C10H11NO2S/c1-7-3-5-14-9(7)6-11-4-2-8(12)10(11)13/h3,5H,2,4,6H2,1H3. The molecule has 3 nitrogen and oxygen atoms in total. The number of Topliss-reactive ketones (excluding diaryl/α,β-unsaturated/α-hetero) is 1. The van der Waals surface area contributed by atoms with Crippen LogP contribution in [0.4, 0.5) is 0 Å². The summed E-state index contributed by atoms with van der Waals surface area (Å²) < 4.78 is 0. The molecule has 1 aromatic rings. The van der Waals surface area contributed by atoms with Crippen LogP contribution in [0.3, 0.4) is 0 Å². The minimum Gasteiger partial charge on any atom is -0.331 e. The number of carbonyl (C=O) groups excluding carboxylic acids is 2. The Bertz CT molecular complexity index is 383. The van der Waals surface area contributed by atoms with E-state index in [1.165, 1.54) is 10.4 Å². The molecule has 4 heteroatoms. The van der Waals surface area contributed by atoms with Crippen molar-refractivity contribution >= 4 is 23.0 Å². The lowest BCUT2D eigenvalue weighted by Gasteiger charge is -2.13. The Hall–Kier alpha value is -1.16. The van der Waals surface area contributed by atoms with Gasteiger partial charge in [0.05, 0.1) is 6.54 Å². The maximum absolute atomic E-state index is 11.3. The minimum atomic E-state index is -0.321. The normalized spacial score (nSPS) is 16.8. The third-order valence-corrected chi connectivity index (χ3v) is 3.44. The van der Waals surface area contributed by atoms with Crippen molar-refractivity contribution in [2.45, 2.75) is 19.9 Å². The first-order valence-electron chi connectivity index (χ1n) is 4.53. The van der Waals surface area contributed by atoms with Gasteiger partial charge in [0.2, 0.25) is 5.78 Å². The van der Waals surface area contributed by atoms with E-state index in [2.05, 4.69) is 0 Å². The van der Waals surface area contributed by atoms with E-state index in [0.29, 0.717) is 19.5 Å². The van der Waals surface area contributed by atoms with Crippen molar-refractivity contribution in [3.8, 4) is 0 Å². The molecule has 14 heavy (non-hydrogen) atoms. The van der Waals surface area contributed by atoms with E-state index in [1.54, 1.807) is 16.2 Å². The van der Waals surface area contributed by atoms with Crippen molar-refractivity contribution in [1.29, 1.82) is 0 Å². The Labute approximate surface area is 86.3 Å². The summed E-state index contributed by atoms with van der Waals surface area (Å²) in [6.07, 6.45) is 0.378. The molecule has 0 aromatic carbocycles. The average molecular weight is 209 g/mol. The van der Waals surface area contributed by atoms with Crippen LogP contribution in [0.15, 0.2) is 11.4 Å². The number of hydrogen-bond donors (Lipinski definition) is 0.